The van der Waals surface area contributed by atoms with Crippen LogP contribution in [0.15, 0.2) is 30.3 Å². The highest BCUT2D eigenvalue weighted by Gasteiger charge is 2.22. The number of ether oxygens (including phenoxy) is 2. The summed E-state index contributed by atoms with van der Waals surface area (Å²) < 4.78 is 39.1. The van der Waals surface area contributed by atoms with E-state index in [2.05, 4.69) is 10.1 Å². The number of methoxy groups -OCH3 is 1. The fourth-order valence-electron chi connectivity index (χ4n) is 3.08. The molecule has 0 amide bonds. The number of carbonyl (C=O) groups is 1. The number of halogens is 3. The van der Waals surface area contributed by atoms with E-state index in [1.54, 1.807) is 25.1 Å². The van der Waals surface area contributed by atoms with Crippen LogP contribution in [0.1, 0.15) is 30.9 Å². The molecule has 0 saturated heterocycles. The lowest BCUT2D eigenvalue weighted by atomic mass is 10.0. The number of nitrogens with one attached hydrogen (secondary N) is 1. The van der Waals surface area contributed by atoms with Gasteiger partial charge in [-0.3, -0.25) is 4.79 Å². The van der Waals surface area contributed by atoms with E-state index in [4.69, 9.17) is 16.3 Å². The monoisotopic (exact) mass is 407 g/mol. The van der Waals surface area contributed by atoms with Gasteiger partial charge >= 0.3 is 5.97 Å². The molecule has 1 aliphatic rings. The van der Waals surface area contributed by atoms with Gasteiger partial charge in [-0.1, -0.05) is 17.7 Å². The van der Waals surface area contributed by atoms with E-state index < -0.39 is 11.6 Å². The number of allylic oxidation sites excluding steroid dienone is 1. The first-order valence-corrected chi connectivity index (χ1v) is 9.20. The van der Waals surface area contributed by atoms with E-state index >= 15 is 0 Å². The molecule has 1 heterocycles. The molecular formula is C21H20ClF2NO3. The molecule has 0 radical (unpaired) electrons. The Labute approximate surface area is 167 Å². The second-order valence-corrected chi connectivity index (χ2v) is 6.94. The van der Waals surface area contributed by atoms with E-state index in [9.17, 15) is 13.6 Å². The Bertz CT molecular complexity index is 910. The van der Waals surface area contributed by atoms with E-state index in [-0.39, 0.29) is 29.1 Å². The number of hydrogen-bond donors (Lipinski definition) is 1. The Morgan fingerprint density at radius 3 is 2.86 bits per heavy atom. The van der Waals surface area contributed by atoms with Crippen molar-refractivity contribution in [1.82, 2.24) is 0 Å². The summed E-state index contributed by atoms with van der Waals surface area (Å²) in [6, 6.07) is 7.32. The normalized spacial score (nSPS) is 16.0. The summed E-state index contributed by atoms with van der Waals surface area (Å²) in [7, 11) is 1.33. The minimum atomic E-state index is -0.499. The van der Waals surface area contributed by atoms with Crippen LogP contribution in [-0.4, -0.2) is 25.7 Å². The van der Waals surface area contributed by atoms with Crippen molar-refractivity contribution in [2.24, 2.45) is 0 Å². The number of hydrogen-bond acceptors (Lipinski definition) is 4. The van der Waals surface area contributed by atoms with Gasteiger partial charge in [0.15, 0.2) is 0 Å². The summed E-state index contributed by atoms with van der Waals surface area (Å²) in [5.41, 5.74) is 1.68. The minimum Gasteiger partial charge on any atom is -0.486 e. The summed E-state index contributed by atoms with van der Waals surface area (Å²) in [6.07, 6.45) is 1.98. The maximum Gasteiger partial charge on any atom is 0.305 e. The molecule has 0 saturated carbocycles. The van der Waals surface area contributed by atoms with Crippen LogP contribution in [0.2, 0.25) is 5.02 Å². The van der Waals surface area contributed by atoms with Gasteiger partial charge in [-0.25, -0.2) is 8.78 Å². The maximum atomic E-state index is 14.6. The predicted molar refractivity (Wildman–Crippen MR) is 106 cm³/mol. The Morgan fingerprint density at radius 1 is 1.36 bits per heavy atom. The molecule has 0 spiro atoms. The van der Waals surface area contributed by atoms with Gasteiger partial charge in [-0.2, -0.15) is 0 Å². The van der Waals surface area contributed by atoms with Gasteiger partial charge in [0.2, 0.25) is 0 Å². The van der Waals surface area contributed by atoms with Gasteiger partial charge in [0.1, 0.15) is 23.5 Å². The van der Waals surface area contributed by atoms with Crippen LogP contribution in [-0.2, 0) is 9.53 Å². The predicted octanol–water partition coefficient (Wildman–Crippen LogP) is 5.30. The van der Waals surface area contributed by atoms with Crippen molar-refractivity contribution in [2.75, 3.05) is 19.0 Å². The number of anilines is 1. The zero-order valence-corrected chi connectivity index (χ0v) is 16.3. The number of carbonyl (C=O) groups excluding carboxylic acids is 1. The van der Waals surface area contributed by atoms with Gasteiger partial charge in [-0.05, 0) is 43.2 Å². The van der Waals surface area contributed by atoms with Crippen LogP contribution < -0.4 is 10.1 Å². The Balaban J connectivity index is 1.82. The zero-order valence-electron chi connectivity index (χ0n) is 15.5. The molecule has 4 nitrogen and oxygen atoms in total. The fourth-order valence-corrected chi connectivity index (χ4v) is 3.40. The smallest absolute Gasteiger partial charge is 0.305 e. The first-order valence-electron chi connectivity index (χ1n) is 8.82. The number of rotatable bonds is 5. The summed E-state index contributed by atoms with van der Waals surface area (Å²) >= 11 is 6.08. The molecular weight excluding hydrogens is 388 g/mol. The summed E-state index contributed by atoms with van der Waals surface area (Å²) in [5.74, 6) is -0.906. The lowest BCUT2D eigenvalue weighted by Crippen LogP contribution is -2.31. The second-order valence-electron chi connectivity index (χ2n) is 6.53. The first kappa shape index (κ1) is 20.1. The molecule has 2 aromatic carbocycles. The number of esters is 1. The first-order chi connectivity index (χ1) is 13.4. The average Bonchev–Trinajstić information content (AvgIpc) is 2.66. The SMILES string of the molecule is COC(=O)CC[C@H]1CNc2cc(/C=C(\C)c3c(F)cccc3Cl)c(F)cc2O1. The van der Waals surface area contributed by atoms with Crippen LogP contribution in [0.3, 0.4) is 0 Å². The van der Waals surface area contributed by atoms with Gasteiger partial charge in [-0.15, -0.1) is 0 Å². The molecule has 148 valence electrons. The maximum absolute atomic E-state index is 14.6. The molecule has 1 aliphatic heterocycles. The summed E-state index contributed by atoms with van der Waals surface area (Å²) in [6.45, 7) is 2.16. The van der Waals surface area contributed by atoms with E-state index in [0.29, 0.717) is 35.5 Å². The Kier molecular flexibility index (Phi) is 6.19. The van der Waals surface area contributed by atoms with Crippen molar-refractivity contribution < 1.29 is 23.0 Å². The fraction of sp³-hybridized carbons (Fsp3) is 0.286. The summed E-state index contributed by atoms with van der Waals surface area (Å²) in [4.78, 5) is 11.3. The van der Waals surface area contributed by atoms with Crippen molar-refractivity contribution in [3.8, 4) is 5.75 Å². The summed E-state index contributed by atoms with van der Waals surface area (Å²) in [5, 5.41) is 3.45. The molecule has 0 fully saturated rings. The average molecular weight is 408 g/mol. The van der Waals surface area contributed by atoms with Crippen LogP contribution in [0.5, 0.6) is 5.75 Å². The van der Waals surface area contributed by atoms with Crippen molar-refractivity contribution in [3.63, 3.8) is 0 Å². The van der Waals surface area contributed by atoms with E-state index in [1.165, 1.54) is 25.3 Å². The molecule has 7 heteroatoms. The molecule has 0 aliphatic carbocycles. The van der Waals surface area contributed by atoms with Gasteiger partial charge < -0.3 is 14.8 Å². The topological polar surface area (TPSA) is 47.6 Å². The molecule has 1 atom stereocenters. The molecule has 28 heavy (non-hydrogen) atoms. The van der Waals surface area contributed by atoms with Crippen molar-refractivity contribution in [3.05, 3.63) is 58.1 Å². The highest BCUT2D eigenvalue weighted by molar-refractivity contribution is 6.32. The van der Waals surface area contributed by atoms with Crippen molar-refractivity contribution in [1.29, 1.82) is 0 Å². The number of fused-ring (bicyclic) bond motifs is 1. The van der Waals surface area contributed by atoms with Gasteiger partial charge in [0.25, 0.3) is 0 Å². The molecule has 0 unspecified atom stereocenters. The molecule has 3 rings (SSSR count). The third-order valence-electron chi connectivity index (χ3n) is 4.54. The van der Waals surface area contributed by atoms with Crippen LogP contribution in [0, 0.1) is 11.6 Å². The van der Waals surface area contributed by atoms with E-state index in [1.807, 2.05) is 0 Å². The van der Waals surface area contributed by atoms with Crippen LogP contribution in [0.4, 0.5) is 14.5 Å². The Hall–Kier alpha value is -2.60. The highest BCUT2D eigenvalue weighted by atomic mass is 35.5. The third kappa shape index (κ3) is 4.44. The molecule has 2 aromatic rings. The lowest BCUT2D eigenvalue weighted by Gasteiger charge is -2.27. The second kappa shape index (κ2) is 8.61. The standard InChI is InChI=1S/C21H20ClF2NO3/c1-12(21-15(22)4-3-5-16(21)23)8-13-9-18-19(10-17(13)24)28-14(11-25-18)6-7-20(26)27-2/h3-5,8-10,14,25H,6-7,11H2,1-2H3/b12-8+/t14-/m0/s1. The van der Waals surface area contributed by atoms with Crippen molar-refractivity contribution >= 4 is 34.9 Å². The Morgan fingerprint density at radius 2 is 2.14 bits per heavy atom. The third-order valence-corrected chi connectivity index (χ3v) is 4.85. The zero-order chi connectivity index (χ0) is 20.3. The molecule has 0 bridgehead atoms. The van der Waals surface area contributed by atoms with Gasteiger partial charge in [0, 0.05) is 23.6 Å². The molecule has 1 N–H and O–H groups in total. The van der Waals surface area contributed by atoms with Crippen LogP contribution >= 0.6 is 11.6 Å². The minimum absolute atomic E-state index is 0.226. The largest absolute Gasteiger partial charge is 0.486 e. The lowest BCUT2D eigenvalue weighted by molar-refractivity contribution is -0.141. The number of benzene rings is 2. The van der Waals surface area contributed by atoms with Gasteiger partial charge in [0.05, 0.1) is 24.4 Å². The molecule has 0 aromatic heterocycles. The van der Waals surface area contributed by atoms with Crippen LogP contribution in [0.25, 0.3) is 11.6 Å². The quantitative estimate of drug-likeness (QED) is 0.539. The van der Waals surface area contributed by atoms with Crippen molar-refractivity contribution in [2.45, 2.75) is 25.9 Å². The van der Waals surface area contributed by atoms with E-state index in [0.717, 1.165) is 0 Å². The highest BCUT2D eigenvalue weighted by Crippen LogP contribution is 2.35.